The van der Waals surface area contributed by atoms with Gasteiger partial charge in [0, 0.05) is 13.1 Å². The van der Waals surface area contributed by atoms with Gasteiger partial charge in [0.2, 0.25) is 0 Å². The Balaban J connectivity index is 2.98. The number of likely N-dealkylation sites (N-methyl/N-ethyl adjacent to an activating group) is 1. The zero-order valence-electron chi connectivity index (χ0n) is 6.72. The molecule has 0 atom stereocenters. The number of hydrogen-bond donors (Lipinski definition) is 1. The first-order valence-electron chi connectivity index (χ1n) is 3.57. The minimum Gasteiger partial charge on any atom is -0.305 e. The molecule has 0 heterocycles. The molecular weight excluding hydrogens is 126 g/mol. The van der Waals surface area contributed by atoms with Crippen LogP contribution in [-0.2, 0) is 0 Å². The quantitative estimate of drug-likeness (QED) is 0.434. The summed E-state index contributed by atoms with van der Waals surface area (Å²) < 4.78 is 0. The van der Waals surface area contributed by atoms with Crippen LogP contribution in [0.4, 0.5) is 0 Å². The van der Waals surface area contributed by atoms with Gasteiger partial charge < -0.3 is 10.2 Å². The summed E-state index contributed by atoms with van der Waals surface area (Å²) in [6, 6.07) is 2.03. The molecule has 0 radical (unpaired) electrons. The third-order valence-corrected chi connectivity index (χ3v) is 1.41. The first-order chi connectivity index (χ1) is 4.81. The molecule has 0 aromatic heterocycles. The first kappa shape index (κ1) is 9.41. The third kappa shape index (κ3) is 5.54. The maximum absolute atomic E-state index is 8.16. The van der Waals surface area contributed by atoms with Crippen molar-refractivity contribution >= 4 is 0 Å². The van der Waals surface area contributed by atoms with E-state index in [0.29, 0.717) is 6.54 Å². The van der Waals surface area contributed by atoms with Crippen LogP contribution in [0.25, 0.3) is 0 Å². The average molecular weight is 141 g/mol. The van der Waals surface area contributed by atoms with Crippen molar-refractivity contribution in [3.8, 4) is 6.07 Å². The summed E-state index contributed by atoms with van der Waals surface area (Å²) in [5.74, 6) is 0. The lowest BCUT2D eigenvalue weighted by Crippen LogP contribution is -2.29. The predicted octanol–water partition coefficient (Wildman–Crippen LogP) is 0.0513. The zero-order chi connectivity index (χ0) is 7.82. The predicted molar refractivity (Wildman–Crippen MR) is 41.7 cm³/mol. The second-order valence-electron chi connectivity index (χ2n) is 2.23. The number of nitrogens with one attached hydrogen (secondary N) is 1. The van der Waals surface area contributed by atoms with E-state index in [9.17, 15) is 0 Å². The number of nitrogens with zero attached hydrogens (tertiary/aromatic N) is 2. The molecule has 0 aliphatic heterocycles. The molecule has 1 N–H and O–H groups in total. The molecule has 3 heteroatoms. The molecule has 58 valence electrons. The topological polar surface area (TPSA) is 39.1 Å². The molecule has 0 spiro atoms. The Kier molecular flexibility index (Phi) is 6.14. The van der Waals surface area contributed by atoms with Crippen LogP contribution in [0.3, 0.4) is 0 Å². The fourth-order valence-corrected chi connectivity index (χ4v) is 0.572. The molecule has 0 aromatic rings. The van der Waals surface area contributed by atoms with E-state index in [-0.39, 0.29) is 0 Å². The first-order valence-corrected chi connectivity index (χ1v) is 3.57. The van der Waals surface area contributed by atoms with Gasteiger partial charge in [0.05, 0.1) is 12.6 Å². The molecule has 10 heavy (non-hydrogen) atoms. The van der Waals surface area contributed by atoms with E-state index >= 15 is 0 Å². The summed E-state index contributed by atoms with van der Waals surface area (Å²) in [5, 5.41) is 11.2. The van der Waals surface area contributed by atoms with E-state index in [1.807, 2.05) is 6.07 Å². The van der Waals surface area contributed by atoms with Crippen molar-refractivity contribution in [2.45, 2.75) is 6.92 Å². The Labute approximate surface area is 62.6 Å². The summed E-state index contributed by atoms with van der Waals surface area (Å²) in [6.45, 7) is 5.55. The monoisotopic (exact) mass is 141 g/mol. The van der Waals surface area contributed by atoms with Crippen molar-refractivity contribution in [2.75, 3.05) is 33.2 Å². The van der Waals surface area contributed by atoms with E-state index in [4.69, 9.17) is 5.26 Å². The van der Waals surface area contributed by atoms with Gasteiger partial charge in [-0.3, -0.25) is 0 Å². The van der Waals surface area contributed by atoms with Gasteiger partial charge in [0.15, 0.2) is 0 Å². The molecular formula is C7H15N3. The van der Waals surface area contributed by atoms with Crippen molar-refractivity contribution in [3.05, 3.63) is 0 Å². The van der Waals surface area contributed by atoms with E-state index < -0.39 is 0 Å². The summed E-state index contributed by atoms with van der Waals surface area (Å²) in [6.07, 6.45) is 0. The molecule has 0 aliphatic carbocycles. The van der Waals surface area contributed by atoms with Gasteiger partial charge >= 0.3 is 0 Å². The summed E-state index contributed by atoms with van der Waals surface area (Å²) >= 11 is 0. The van der Waals surface area contributed by atoms with Crippen LogP contribution in [0, 0.1) is 11.3 Å². The normalized spacial score (nSPS) is 9.80. The SMILES string of the molecule is CCN(C)CCNCC#N. The van der Waals surface area contributed by atoms with E-state index in [1.165, 1.54) is 0 Å². The molecule has 0 unspecified atom stereocenters. The smallest absolute Gasteiger partial charge is 0.0841 e. The number of nitriles is 1. The highest BCUT2D eigenvalue weighted by molar-refractivity contribution is 4.72. The Bertz CT molecular complexity index is 106. The third-order valence-electron chi connectivity index (χ3n) is 1.41. The summed E-state index contributed by atoms with van der Waals surface area (Å²) in [5.41, 5.74) is 0. The van der Waals surface area contributed by atoms with Gasteiger partial charge in [0.1, 0.15) is 0 Å². The second kappa shape index (κ2) is 6.53. The van der Waals surface area contributed by atoms with Gasteiger partial charge in [-0.25, -0.2) is 0 Å². The van der Waals surface area contributed by atoms with Gasteiger partial charge in [0.25, 0.3) is 0 Å². The lowest BCUT2D eigenvalue weighted by molar-refractivity contribution is 0.352. The minimum absolute atomic E-state index is 0.456. The molecule has 0 aliphatic rings. The van der Waals surface area contributed by atoms with Crippen LogP contribution in [0.5, 0.6) is 0 Å². The highest BCUT2D eigenvalue weighted by Crippen LogP contribution is 1.76. The van der Waals surface area contributed by atoms with Crippen molar-refractivity contribution in [3.63, 3.8) is 0 Å². The van der Waals surface area contributed by atoms with Gasteiger partial charge in [-0.05, 0) is 13.6 Å². The fraction of sp³-hybridized carbons (Fsp3) is 0.857. The molecule has 3 nitrogen and oxygen atoms in total. The van der Waals surface area contributed by atoms with E-state index in [1.54, 1.807) is 0 Å². The lowest BCUT2D eigenvalue weighted by atomic mass is 10.5. The van der Waals surface area contributed by atoms with Crippen LogP contribution in [0.2, 0.25) is 0 Å². The summed E-state index contributed by atoms with van der Waals surface area (Å²) in [7, 11) is 2.06. The van der Waals surface area contributed by atoms with Gasteiger partial charge in [-0.15, -0.1) is 0 Å². The lowest BCUT2D eigenvalue weighted by Gasteiger charge is -2.12. The highest BCUT2D eigenvalue weighted by atomic mass is 15.1. The zero-order valence-corrected chi connectivity index (χ0v) is 6.72. The molecule has 0 fully saturated rings. The fourth-order valence-electron chi connectivity index (χ4n) is 0.572. The van der Waals surface area contributed by atoms with Crippen LogP contribution in [0.15, 0.2) is 0 Å². The maximum Gasteiger partial charge on any atom is 0.0841 e. The van der Waals surface area contributed by atoms with Crippen LogP contribution < -0.4 is 5.32 Å². The minimum atomic E-state index is 0.456. The molecule has 0 aromatic carbocycles. The molecule has 0 bridgehead atoms. The van der Waals surface area contributed by atoms with Crippen molar-refractivity contribution in [2.24, 2.45) is 0 Å². The van der Waals surface area contributed by atoms with Gasteiger partial charge in [-0.2, -0.15) is 5.26 Å². The van der Waals surface area contributed by atoms with Crippen molar-refractivity contribution in [1.29, 1.82) is 5.26 Å². The molecule has 0 saturated carbocycles. The Hall–Kier alpha value is -0.590. The second-order valence-corrected chi connectivity index (χ2v) is 2.23. The molecule has 0 saturated heterocycles. The Morgan fingerprint density at radius 3 is 2.80 bits per heavy atom. The van der Waals surface area contributed by atoms with E-state index in [0.717, 1.165) is 19.6 Å². The van der Waals surface area contributed by atoms with Crippen LogP contribution >= 0.6 is 0 Å². The van der Waals surface area contributed by atoms with E-state index in [2.05, 4.69) is 24.2 Å². The van der Waals surface area contributed by atoms with Crippen molar-refractivity contribution < 1.29 is 0 Å². The maximum atomic E-state index is 8.16. The highest BCUT2D eigenvalue weighted by Gasteiger charge is 1.91. The molecule has 0 amide bonds. The van der Waals surface area contributed by atoms with Crippen molar-refractivity contribution in [1.82, 2.24) is 10.2 Å². The number of hydrogen-bond acceptors (Lipinski definition) is 3. The Morgan fingerprint density at radius 1 is 1.60 bits per heavy atom. The van der Waals surface area contributed by atoms with Crippen LogP contribution in [0.1, 0.15) is 6.92 Å². The average Bonchev–Trinajstić information content (AvgIpc) is 1.98. The standard InChI is InChI=1S/C7H15N3/c1-3-10(2)7-6-9-5-4-8/h9H,3,5-7H2,1-2H3. The van der Waals surface area contributed by atoms with Gasteiger partial charge in [-0.1, -0.05) is 6.92 Å². The van der Waals surface area contributed by atoms with Crippen LogP contribution in [-0.4, -0.2) is 38.1 Å². The molecule has 0 rings (SSSR count). The largest absolute Gasteiger partial charge is 0.305 e. The summed E-state index contributed by atoms with van der Waals surface area (Å²) in [4.78, 5) is 2.20. The number of rotatable bonds is 5. The Morgan fingerprint density at radius 2 is 2.30 bits per heavy atom.